The lowest BCUT2D eigenvalue weighted by molar-refractivity contribution is 0.211. The van der Waals surface area contributed by atoms with Crippen LogP contribution in [-0.4, -0.2) is 19.0 Å². The van der Waals surface area contributed by atoms with Gasteiger partial charge in [0, 0.05) is 5.56 Å². The standard InChI is InChI=1S/C9H11N3O2/c1-14-12-8(11-9(10)13)7-5-3-2-4-6-7/h2-6H,1H3,(H3,10,11,12,13). The number of oxime groups is 1. The van der Waals surface area contributed by atoms with Crippen LogP contribution in [-0.2, 0) is 4.84 Å². The normalized spacial score (nSPS) is 10.8. The van der Waals surface area contributed by atoms with Crippen molar-refractivity contribution >= 4 is 11.9 Å². The van der Waals surface area contributed by atoms with Crippen molar-refractivity contribution in [2.75, 3.05) is 7.11 Å². The third-order valence-electron chi connectivity index (χ3n) is 1.47. The lowest BCUT2D eigenvalue weighted by atomic mass is 10.2. The Morgan fingerprint density at radius 1 is 1.43 bits per heavy atom. The molecule has 0 aromatic heterocycles. The van der Waals surface area contributed by atoms with E-state index in [4.69, 9.17) is 5.73 Å². The van der Waals surface area contributed by atoms with Gasteiger partial charge >= 0.3 is 6.03 Å². The average Bonchev–Trinajstić information content (AvgIpc) is 2.18. The molecule has 0 fully saturated rings. The molecule has 0 aliphatic rings. The number of nitrogens with one attached hydrogen (secondary N) is 1. The number of hydrogen-bond acceptors (Lipinski definition) is 3. The molecule has 1 aromatic rings. The number of carbonyl (C=O) groups is 1. The summed E-state index contributed by atoms with van der Waals surface area (Å²) >= 11 is 0. The fourth-order valence-corrected chi connectivity index (χ4v) is 0.952. The molecule has 0 aliphatic carbocycles. The van der Waals surface area contributed by atoms with Crippen LogP contribution in [0.4, 0.5) is 4.79 Å². The molecule has 0 saturated carbocycles. The van der Waals surface area contributed by atoms with E-state index in [9.17, 15) is 4.79 Å². The van der Waals surface area contributed by atoms with Gasteiger partial charge in [-0.25, -0.2) is 4.79 Å². The van der Waals surface area contributed by atoms with Gasteiger partial charge in [0.2, 0.25) is 0 Å². The molecule has 2 amide bonds. The zero-order chi connectivity index (χ0) is 10.4. The van der Waals surface area contributed by atoms with Gasteiger partial charge in [0.25, 0.3) is 0 Å². The van der Waals surface area contributed by atoms with E-state index >= 15 is 0 Å². The van der Waals surface area contributed by atoms with Crippen LogP contribution in [0.25, 0.3) is 0 Å². The summed E-state index contributed by atoms with van der Waals surface area (Å²) in [5, 5.41) is 6.00. The Kier molecular flexibility index (Phi) is 3.49. The molecule has 0 spiro atoms. The Balaban J connectivity index is 2.89. The molecule has 1 rings (SSSR count). The van der Waals surface area contributed by atoms with Crippen molar-refractivity contribution in [1.82, 2.24) is 5.32 Å². The van der Waals surface area contributed by atoms with Crippen molar-refractivity contribution in [2.45, 2.75) is 0 Å². The summed E-state index contributed by atoms with van der Waals surface area (Å²) in [4.78, 5) is 15.2. The second-order valence-electron chi connectivity index (χ2n) is 2.48. The predicted octanol–water partition coefficient (Wildman–Crippen LogP) is 0.663. The van der Waals surface area contributed by atoms with E-state index in [1.165, 1.54) is 7.11 Å². The summed E-state index contributed by atoms with van der Waals surface area (Å²) in [6, 6.07) is 8.40. The molecule has 1 aromatic carbocycles. The smallest absolute Gasteiger partial charge is 0.317 e. The minimum Gasteiger partial charge on any atom is -0.397 e. The molecular weight excluding hydrogens is 182 g/mol. The van der Waals surface area contributed by atoms with Gasteiger partial charge in [-0.2, -0.15) is 0 Å². The van der Waals surface area contributed by atoms with Crippen molar-refractivity contribution in [2.24, 2.45) is 10.9 Å². The Morgan fingerprint density at radius 2 is 2.07 bits per heavy atom. The highest BCUT2D eigenvalue weighted by atomic mass is 16.6. The molecule has 5 heteroatoms. The van der Waals surface area contributed by atoms with E-state index in [2.05, 4.69) is 15.3 Å². The van der Waals surface area contributed by atoms with Crippen LogP contribution in [0, 0.1) is 0 Å². The highest BCUT2D eigenvalue weighted by Crippen LogP contribution is 1.99. The number of amidine groups is 1. The van der Waals surface area contributed by atoms with Gasteiger partial charge in [0.05, 0.1) is 0 Å². The molecule has 0 aliphatic heterocycles. The summed E-state index contributed by atoms with van der Waals surface area (Å²) in [5.74, 6) is 0.292. The first kappa shape index (κ1) is 10.0. The number of nitrogens with zero attached hydrogens (tertiary/aromatic N) is 1. The summed E-state index contributed by atoms with van der Waals surface area (Å²) in [5.41, 5.74) is 5.70. The van der Waals surface area contributed by atoms with Crippen LogP contribution in [0.1, 0.15) is 5.56 Å². The highest BCUT2D eigenvalue weighted by Gasteiger charge is 2.05. The summed E-state index contributed by atoms with van der Waals surface area (Å²) in [6.07, 6.45) is 0. The number of carbonyl (C=O) groups excluding carboxylic acids is 1. The highest BCUT2D eigenvalue weighted by molar-refractivity contribution is 6.06. The number of hydrogen-bond donors (Lipinski definition) is 2. The van der Waals surface area contributed by atoms with Crippen LogP contribution in [0.2, 0.25) is 0 Å². The number of amides is 2. The molecule has 0 atom stereocenters. The maximum atomic E-state index is 10.6. The quantitative estimate of drug-likeness (QED) is 0.411. The minimum absolute atomic E-state index is 0.292. The van der Waals surface area contributed by atoms with Crippen LogP contribution in [0.3, 0.4) is 0 Å². The Bertz CT molecular complexity index is 335. The van der Waals surface area contributed by atoms with Gasteiger partial charge in [-0.1, -0.05) is 35.5 Å². The Morgan fingerprint density at radius 3 is 2.57 bits per heavy atom. The van der Waals surface area contributed by atoms with Gasteiger partial charge in [-0.05, 0) is 0 Å². The predicted molar refractivity (Wildman–Crippen MR) is 52.7 cm³/mol. The van der Waals surface area contributed by atoms with Crippen LogP contribution < -0.4 is 11.1 Å². The van der Waals surface area contributed by atoms with Gasteiger partial charge in [-0.3, -0.25) is 5.32 Å². The molecule has 74 valence electrons. The fourth-order valence-electron chi connectivity index (χ4n) is 0.952. The van der Waals surface area contributed by atoms with E-state index in [1.54, 1.807) is 12.1 Å². The van der Waals surface area contributed by atoms with Crippen LogP contribution in [0.5, 0.6) is 0 Å². The number of primary amides is 1. The molecule has 5 nitrogen and oxygen atoms in total. The number of nitrogens with two attached hydrogens (primary N) is 1. The zero-order valence-electron chi connectivity index (χ0n) is 7.73. The molecule has 3 N–H and O–H groups in total. The molecule has 0 saturated heterocycles. The lowest BCUT2D eigenvalue weighted by Crippen LogP contribution is -2.35. The summed E-state index contributed by atoms with van der Waals surface area (Å²) in [6.45, 7) is 0. The number of rotatable bonds is 2. The molecular formula is C9H11N3O2. The van der Waals surface area contributed by atoms with Crippen LogP contribution in [0.15, 0.2) is 35.5 Å². The van der Waals surface area contributed by atoms with Crippen LogP contribution >= 0.6 is 0 Å². The second-order valence-corrected chi connectivity index (χ2v) is 2.48. The van der Waals surface area contributed by atoms with Gasteiger partial charge in [-0.15, -0.1) is 0 Å². The topological polar surface area (TPSA) is 76.7 Å². The van der Waals surface area contributed by atoms with E-state index < -0.39 is 6.03 Å². The summed E-state index contributed by atoms with van der Waals surface area (Å²) in [7, 11) is 1.39. The number of benzene rings is 1. The maximum Gasteiger partial charge on any atom is 0.317 e. The monoisotopic (exact) mass is 193 g/mol. The minimum atomic E-state index is -0.676. The molecule has 0 heterocycles. The molecule has 0 unspecified atom stereocenters. The Hall–Kier alpha value is -2.04. The van der Waals surface area contributed by atoms with Gasteiger partial charge < -0.3 is 10.6 Å². The van der Waals surface area contributed by atoms with Crippen molar-refractivity contribution in [3.05, 3.63) is 35.9 Å². The maximum absolute atomic E-state index is 10.6. The average molecular weight is 193 g/mol. The third kappa shape index (κ3) is 2.78. The third-order valence-corrected chi connectivity index (χ3v) is 1.47. The summed E-state index contributed by atoms with van der Waals surface area (Å²) < 4.78 is 0. The van der Waals surface area contributed by atoms with Crippen molar-refractivity contribution in [1.29, 1.82) is 0 Å². The SMILES string of the molecule is CO/N=C(\NC(N)=O)c1ccccc1. The van der Waals surface area contributed by atoms with Crippen molar-refractivity contribution in [3.63, 3.8) is 0 Å². The first-order valence-corrected chi connectivity index (χ1v) is 3.97. The largest absolute Gasteiger partial charge is 0.397 e. The Labute approximate surface area is 81.5 Å². The first-order valence-electron chi connectivity index (χ1n) is 3.97. The van der Waals surface area contributed by atoms with E-state index in [0.29, 0.717) is 5.84 Å². The number of urea groups is 1. The molecule has 0 bridgehead atoms. The van der Waals surface area contributed by atoms with Gasteiger partial charge in [0.1, 0.15) is 7.11 Å². The zero-order valence-corrected chi connectivity index (χ0v) is 7.73. The van der Waals surface area contributed by atoms with E-state index in [1.807, 2.05) is 18.2 Å². The first-order chi connectivity index (χ1) is 6.74. The van der Waals surface area contributed by atoms with Crippen molar-refractivity contribution in [3.8, 4) is 0 Å². The lowest BCUT2D eigenvalue weighted by Gasteiger charge is -2.04. The van der Waals surface area contributed by atoms with Crippen molar-refractivity contribution < 1.29 is 9.63 Å². The fraction of sp³-hybridized carbons (Fsp3) is 0.111. The second kappa shape index (κ2) is 4.86. The van der Waals surface area contributed by atoms with Gasteiger partial charge in [0.15, 0.2) is 5.84 Å². The molecule has 0 radical (unpaired) electrons. The van der Waals surface area contributed by atoms with E-state index in [0.717, 1.165) is 5.56 Å². The van der Waals surface area contributed by atoms with E-state index in [-0.39, 0.29) is 0 Å². The molecule has 14 heavy (non-hydrogen) atoms.